The average Bonchev–Trinajstić information content (AvgIpc) is 3.44. The molecule has 0 atom stereocenters. The lowest BCUT2D eigenvalue weighted by Crippen LogP contribution is -2.48. The Labute approximate surface area is 203 Å². The lowest BCUT2D eigenvalue weighted by molar-refractivity contribution is 0.0745. The first-order valence-electron chi connectivity index (χ1n) is 11.3. The van der Waals surface area contributed by atoms with Crippen molar-refractivity contribution in [2.24, 2.45) is 5.41 Å². The van der Waals surface area contributed by atoms with E-state index in [1.54, 1.807) is 12.1 Å². The van der Waals surface area contributed by atoms with Crippen molar-refractivity contribution in [2.45, 2.75) is 27.3 Å². The van der Waals surface area contributed by atoms with E-state index in [-0.39, 0.29) is 11.3 Å². The zero-order valence-corrected chi connectivity index (χ0v) is 20.3. The molecule has 1 amide bonds. The Hall–Kier alpha value is -3.39. The van der Waals surface area contributed by atoms with Crippen LogP contribution in [0.3, 0.4) is 0 Å². The molecule has 0 aliphatic carbocycles. The van der Waals surface area contributed by atoms with Gasteiger partial charge in [0.2, 0.25) is 5.65 Å². The highest BCUT2D eigenvalue weighted by Gasteiger charge is 2.25. The number of hydrogen-bond acceptors (Lipinski definition) is 6. The van der Waals surface area contributed by atoms with Crippen molar-refractivity contribution >= 4 is 34.8 Å². The number of piperazine rings is 1. The second-order valence-electron chi connectivity index (χ2n) is 9.80. The monoisotopic (exact) mass is 478 g/mol. The topological polar surface area (TPSA) is 80.3 Å². The highest BCUT2D eigenvalue weighted by atomic mass is 35.5. The van der Waals surface area contributed by atoms with Gasteiger partial charge in [-0.1, -0.05) is 44.5 Å². The van der Waals surface area contributed by atoms with Gasteiger partial charge in [0.25, 0.3) is 11.9 Å². The summed E-state index contributed by atoms with van der Waals surface area (Å²) in [6.45, 7) is 9.95. The summed E-state index contributed by atoms with van der Waals surface area (Å²) in [6, 6.07) is 11.6. The first kappa shape index (κ1) is 22.4. The standard InChI is InChI=1S/C25H27ClN6O2/c1-25(2,3)15-30-14-19(27-16-30)17-4-6-18(7-5-17)23(33)31-10-12-32(13-11-31)24-29-22-20(34-24)8-9-21(26)28-22/h4-9,14,16H,10-13,15H2,1-3H3. The number of nitrogens with zero attached hydrogens (tertiary/aromatic N) is 6. The highest BCUT2D eigenvalue weighted by Crippen LogP contribution is 2.24. The lowest BCUT2D eigenvalue weighted by Gasteiger charge is -2.33. The molecule has 8 nitrogen and oxygen atoms in total. The van der Waals surface area contributed by atoms with Crippen LogP contribution >= 0.6 is 11.6 Å². The number of anilines is 1. The predicted molar refractivity (Wildman–Crippen MR) is 132 cm³/mol. The SMILES string of the molecule is CC(C)(C)Cn1cnc(-c2ccc(C(=O)N3CCN(c4nc5nc(Cl)ccc5o4)CC3)cc2)c1. The third-order valence-electron chi connectivity index (χ3n) is 5.76. The molecule has 1 aromatic carbocycles. The van der Waals surface area contributed by atoms with Gasteiger partial charge in [0, 0.05) is 50.0 Å². The van der Waals surface area contributed by atoms with Crippen LogP contribution in [-0.4, -0.2) is 56.5 Å². The van der Waals surface area contributed by atoms with Crippen LogP contribution in [0, 0.1) is 5.41 Å². The van der Waals surface area contributed by atoms with E-state index in [9.17, 15) is 4.79 Å². The average molecular weight is 479 g/mol. The highest BCUT2D eigenvalue weighted by molar-refractivity contribution is 6.29. The maximum absolute atomic E-state index is 13.1. The number of oxazole rings is 1. The quantitative estimate of drug-likeness (QED) is 0.394. The molecule has 0 bridgehead atoms. The molecular weight excluding hydrogens is 452 g/mol. The maximum atomic E-state index is 13.1. The summed E-state index contributed by atoms with van der Waals surface area (Å²) < 4.78 is 7.92. The van der Waals surface area contributed by atoms with Gasteiger partial charge < -0.3 is 18.8 Å². The van der Waals surface area contributed by atoms with Crippen LogP contribution < -0.4 is 4.90 Å². The number of hydrogen-bond donors (Lipinski definition) is 0. The van der Waals surface area contributed by atoms with E-state index in [4.69, 9.17) is 16.0 Å². The van der Waals surface area contributed by atoms with Crippen LogP contribution in [0.4, 0.5) is 6.01 Å². The molecule has 176 valence electrons. The van der Waals surface area contributed by atoms with Crippen molar-refractivity contribution in [1.29, 1.82) is 0 Å². The molecule has 0 saturated carbocycles. The Morgan fingerprint density at radius 3 is 2.47 bits per heavy atom. The molecule has 1 saturated heterocycles. The second-order valence-corrected chi connectivity index (χ2v) is 10.2. The molecule has 9 heteroatoms. The van der Waals surface area contributed by atoms with E-state index < -0.39 is 0 Å². The molecule has 0 unspecified atom stereocenters. The Kier molecular flexibility index (Phi) is 5.77. The summed E-state index contributed by atoms with van der Waals surface area (Å²) in [5.74, 6) is 0.0236. The number of amides is 1. The van der Waals surface area contributed by atoms with Gasteiger partial charge >= 0.3 is 0 Å². The van der Waals surface area contributed by atoms with Gasteiger partial charge in [0.1, 0.15) is 5.15 Å². The van der Waals surface area contributed by atoms with E-state index in [1.165, 1.54) is 0 Å². The Bertz CT molecular complexity index is 1310. The maximum Gasteiger partial charge on any atom is 0.300 e. The predicted octanol–water partition coefficient (Wildman–Crippen LogP) is 4.75. The smallest absolute Gasteiger partial charge is 0.300 e. The van der Waals surface area contributed by atoms with Crippen LogP contribution in [0.2, 0.25) is 5.15 Å². The van der Waals surface area contributed by atoms with Gasteiger partial charge in [-0.3, -0.25) is 4.79 Å². The summed E-state index contributed by atoms with van der Waals surface area (Å²) in [5.41, 5.74) is 3.85. The van der Waals surface area contributed by atoms with Crippen molar-refractivity contribution in [2.75, 3.05) is 31.1 Å². The zero-order valence-electron chi connectivity index (χ0n) is 19.5. The van der Waals surface area contributed by atoms with E-state index in [0.717, 1.165) is 17.8 Å². The minimum Gasteiger partial charge on any atom is -0.422 e. The second kappa shape index (κ2) is 8.76. The molecular formula is C25H27ClN6O2. The molecule has 1 aliphatic heterocycles. The number of carbonyl (C=O) groups excluding carboxylic acids is 1. The molecule has 34 heavy (non-hydrogen) atoms. The normalized spacial score (nSPS) is 14.7. The van der Waals surface area contributed by atoms with Crippen molar-refractivity contribution in [3.63, 3.8) is 0 Å². The Morgan fingerprint density at radius 1 is 1.03 bits per heavy atom. The zero-order chi connectivity index (χ0) is 23.9. The minimum atomic E-state index is 0.0236. The van der Waals surface area contributed by atoms with Gasteiger partial charge in [0.05, 0.1) is 12.0 Å². The van der Waals surface area contributed by atoms with Crippen molar-refractivity contribution < 1.29 is 9.21 Å². The number of aromatic nitrogens is 4. The summed E-state index contributed by atoms with van der Waals surface area (Å²) in [6.07, 6.45) is 3.91. The molecule has 0 spiro atoms. The van der Waals surface area contributed by atoms with Gasteiger partial charge in [-0.15, -0.1) is 0 Å². The fourth-order valence-electron chi connectivity index (χ4n) is 4.13. The van der Waals surface area contributed by atoms with Crippen LogP contribution in [0.1, 0.15) is 31.1 Å². The van der Waals surface area contributed by atoms with Crippen LogP contribution in [-0.2, 0) is 6.54 Å². The molecule has 4 heterocycles. The molecule has 1 fully saturated rings. The van der Waals surface area contributed by atoms with E-state index in [0.29, 0.717) is 54.1 Å². The number of benzene rings is 1. The van der Waals surface area contributed by atoms with E-state index >= 15 is 0 Å². The molecule has 0 N–H and O–H groups in total. The summed E-state index contributed by atoms with van der Waals surface area (Å²) in [5, 5.41) is 0.382. The molecule has 4 aromatic rings. The first-order chi connectivity index (χ1) is 16.2. The van der Waals surface area contributed by atoms with Gasteiger partial charge in [-0.25, -0.2) is 9.97 Å². The number of fused-ring (bicyclic) bond motifs is 1. The number of carbonyl (C=O) groups is 1. The van der Waals surface area contributed by atoms with Crippen LogP contribution in [0.5, 0.6) is 0 Å². The fourth-order valence-corrected chi connectivity index (χ4v) is 4.27. The van der Waals surface area contributed by atoms with Crippen LogP contribution in [0.15, 0.2) is 53.3 Å². The van der Waals surface area contributed by atoms with E-state index in [1.807, 2.05) is 40.4 Å². The van der Waals surface area contributed by atoms with Gasteiger partial charge in [-0.2, -0.15) is 4.98 Å². The number of imidazole rings is 1. The Balaban J connectivity index is 1.21. The van der Waals surface area contributed by atoms with Crippen molar-refractivity contribution in [1.82, 2.24) is 24.4 Å². The fraction of sp³-hybridized carbons (Fsp3) is 0.360. The van der Waals surface area contributed by atoms with Crippen LogP contribution in [0.25, 0.3) is 22.5 Å². The lowest BCUT2D eigenvalue weighted by atomic mass is 9.97. The summed E-state index contributed by atoms with van der Waals surface area (Å²) in [4.78, 5) is 30.1. The van der Waals surface area contributed by atoms with Crippen molar-refractivity contribution in [3.8, 4) is 11.3 Å². The van der Waals surface area contributed by atoms with E-state index in [2.05, 4.69) is 46.5 Å². The molecule has 3 aromatic heterocycles. The first-order valence-corrected chi connectivity index (χ1v) is 11.7. The molecule has 1 aliphatic rings. The third kappa shape index (κ3) is 4.77. The van der Waals surface area contributed by atoms with Gasteiger partial charge in [0.15, 0.2) is 5.58 Å². The Morgan fingerprint density at radius 2 is 1.76 bits per heavy atom. The molecule has 5 rings (SSSR count). The molecule has 0 radical (unpaired) electrons. The number of halogens is 1. The number of rotatable bonds is 4. The van der Waals surface area contributed by atoms with Gasteiger partial charge in [-0.05, 0) is 29.7 Å². The van der Waals surface area contributed by atoms with Crippen molar-refractivity contribution in [3.05, 3.63) is 59.6 Å². The minimum absolute atomic E-state index is 0.0236. The summed E-state index contributed by atoms with van der Waals surface area (Å²) in [7, 11) is 0. The number of pyridine rings is 1. The summed E-state index contributed by atoms with van der Waals surface area (Å²) >= 11 is 5.94. The third-order valence-corrected chi connectivity index (χ3v) is 5.97. The largest absolute Gasteiger partial charge is 0.422 e.